The summed E-state index contributed by atoms with van der Waals surface area (Å²) in [7, 11) is -2.61. The van der Waals surface area contributed by atoms with E-state index >= 15 is 0 Å². The van der Waals surface area contributed by atoms with Gasteiger partial charge in [0, 0.05) is 11.1 Å². The lowest BCUT2D eigenvalue weighted by molar-refractivity contribution is 0.477. The first-order chi connectivity index (χ1) is 23.3. The van der Waals surface area contributed by atoms with Crippen molar-refractivity contribution in [2.45, 2.75) is 0 Å². The number of aromatic nitrogens is 2. The van der Waals surface area contributed by atoms with Crippen LogP contribution in [0.15, 0.2) is 182 Å². The van der Waals surface area contributed by atoms with E-state index in [4.69, 9.17) is 9.72 Å². The molecule has 0 aliphatic carbocycles. The Morgan fingerprint density at radius 1 is 0.447 bits per heavy atom. The number of hydrogen-bond donors (Lipinski definition) is 0. The standard InChI is InChI=1S/C43H30N2OSi/c1-5-15-32(16-6-1)43-44-38-24-14-26-40-41(38)45(43)39-25-13-23-37(42(39)46-40)31-27-29-36(30-28-31)47(33-17-7-2-8-18-33,34-19-9-3-10-20-34)35-21-11-4-12-22-35/h1-30H. The summed E-state index contributed by atoms with van der Waals surface area (Å²) in [5, 5.41) is 5.42. The fraction of sp³-hybridized carbons (Fsp3) is 0. The van der Waals surface area contributed by atoms with Crippen LogP contribution in [0.1, 0.15) is 0 Å². The molecule has 0 saturated heterocycles. The largest absolute Gasteiger partial charge is 0.452 e. The van der Waals surface area contributed by atoms with Crippen LogP contribution in [0.3, 0.4) is 0 Å². The van der Waals surface area contributed by atoms with E-state index < -0.39 is 8.07 Å². The lowest BCUT2D eigenvalue weighted by atomic mass is 10.0. The highest BCUT2D eigenvalue weighted by molar-refractivity contribution is 7.19. The number of imidazole rings is 1. The van der Waals surface area contributed by atoms with E-state index in [1.165, 1.54) is 20.7 Å². The first kappa shape index (κ1) is 27.3. The first-order valence-electron chi connectivity index (χ1n) is 16.0. The molecule has 1 aromatic heterocycles. The number of ether oxygens (including phenoxy) is 1. The molecule has 9 rings (SSSR count). The predicted octanol–water partition coefficient (Wildman–Crippen LogP) is 7.84. The monoisotopic (exact) mass is 618 g/mol. The smallest absolute Gasteiger partial charge is 0.179 e. The Balaban J connectivity index is 1.23. The zero-order valence-corrected chi connectivity index (χ0v) is 26.6. The highest BCUT2D eigenvalue weighted by Gasteiger charge is 2.41. The molecule has 222 valence electrons. The van der Waals surface area contributed by atoms with E-state index in [1.807, 2.05) is 18.2 Å². The van der Waals surface area contributed by atoms with Gasteiger partial charge in [-0.15, -0.1) is 0 Å². The van der Waals surface area contributed by atoms with Gasteiger partial charge in [0.1, 0.15) is 11.3 Å². The quantitative estimate of drug-likeness (QED) is 0.140. The molecule has 2 heterocycles. The Hall–Kier alpha value is -5.97. The summed E-state index contributed by atoms with van der Waals surface area (Å²) in [5.74, 6) is 2.57. The molecule has 0 radical (unpaired) electrons. The number of fused-ring (bicyclic) bond motifs is 2. The van der Waals surface area contributed by atoms with Crippen LogP contribution in [0.2, 0.25) is 0 Å². The Kier molecular flexibility index (Phi) is 6.47. The van der Waals surface area contributed by atoms with Gasteiger partial charge in [0.15, 0.2) is 19.6 Å². The maximum atomic E-state index is 6.74. The third-order valence-corrected chi connectivity index (χ3v) is 14.2. The summed E-state index contributed by atoms with van der Waals surface area (Å²) < 4.78 is 9.00. The van der Waals surface area contributed by atoms with Gasteiger partial charge in [-0.25, -0.2) is 4.98 Å². The molecule has 0 atom stereocenters. The molecule has 4 heteroatoms. The summed E-state index contributed by atoms with van der Waals surface area (Å²) in [6.07, 6.45) is 0. The van der Waals surface area contributed by atoms with Gasteiger partial charge in [-0.1, -0.05) is 164 Å². The van der Waals surface area contributed by atoms with Gasteiger partial charge in [0.25, 0.3) is 0 Å². The number of benzene rings is 7. The summed E-state index contributed by atoms with van der Waals surface area (Å²) in [6.45, 7) is 0. The Morgan fingerprint density at radius 2 is 0.979 bits per heavy atom. The van der Waals surface area contributed by atoms with Gasteiger partial charge in [-0.2, -0.15) is 0 Å². The lowest BCUT2D eigenvalue weighted by Gasteiger charge is -2.34. The van der Waals surface area contributed by atoms with Crippen molar-refractivity contribution >= 4 is 39.9 Å². The molecular formula is C43H30N2OSi. The predicted molar refractivity (Wildman–Crippen MR) is 196 cm³/mol. The zero-order valence-electron chi connectivity index (χ0n) is 25.6. The van der Waals surface area contributed by atoms with E-state index in [2.05, 4.69) is 168 Å². The second kappa shape index (κ2) is 11.1. The molecule has 1 aliphatic heterocycles. The van der Waals surface area contributed by atoms with Crippen LogP contribution >= 0.6 is 0 Å². The van der Waals surface area contributed by atoms with Crippen LogP contribution < -0.4 is 25.5 Å². The molecule has 3 nitrogen and oxygen atoms in total. The van der Waals surface area contributed by atoms with Gasteiger partial charge >= 0.3 is 0 Å². The average molecular weight is 619 g/mol. The van der Waals surface area contributed by atoms with Crippen molar-refractivity contribution < 1.29 is 4.74 Å². The van der Waals surface area contributed by atoms with Crippen LogP contribution in [0, 0.1) is 0 Å². The van der Waals surface area contributed by atoms with Gasteiger partial charge in [-0.3, -0.25) is 4.57 Å². The van der Waals surface area contributed by atoms with E-state index in [9.17, 15) is 0 Å². The third kappa shape index (κ3) is 4.30. The topological polar surface area (TPSA) is 27.1 Å². The Bertz CT molecular complexity index is 2260. The van der Waals surface area contributed by atoms with Crippen LogP contribution in [-0.2, 0) is 0 Å². The molecule has 0 bridgehead atoms. The van der Waals surface area contributed by atoms with Crippen molar-refractivity contribution in [3.8, 4) is 39.7 Å². The summed E-state index contributed by atoms with van der Waals surface area (Å²) in [6, 6.07) is 65.3. The van der Waals surface area contributed by atoms with Crippen molar-refractivity contribution in [2.24, 2.45) is 0 Å². The summed E-state index contributed by atoms with van der Waals surface area (Å²) >= 11 is 0. The number of hydrogen-bond acceptors (Lipinski definition) is 2. The van der Waals surface area contributed by atoms with Gasteiger partial charge in [0.2, 0.25) is 0 Å². The van der Waals surface area contributed by atoms with E-state index in [1.54, 1.807) is 0 Å². The maximum absolute atomic E-state index is 6.74. The highest BCUT2D eigenvalue weighted by Crippen LogP contribution is 2.47. The van der Waals surface area contributed by atoms with E-state index in [0.717, 1.165) is 50.7 Å². The van der Waals surface area contributed by atoms with Crippen LogP contribution in [0.4, 0.5) is 0 Å². The van der Waals surface area contributed by atoms with Gasteiger partial charge < -0.3 is 4.74 Å². The third-order valence-electron chi connectivity index (χ3n) is 9.37. The normalized spacial score (nSPS) is 12.0. The average Bonchev–Trinajstić information content (AvgIpc) is 3.55. The minimum absolute atomic E-state index is 0.817. The summed E-state index contributed by atoms with van der Waals surface area (Å²) in [4.78, 5) is 5.07. The van der Waals surface area contributed by atoms with Crippen LogP contribution in [-0.4, -0.2) is 17.6 Å². The molecule has 0 amide bonds. The van der Waals surface area contributed by atoms with Crippen LogP contribution in [0.25, 0.3) is 39.2 Å². The van der Waals surface area contributed by atoms with Crippen LogP contribution in [0.5, 0.6) is 11.5 Å². The molecular weight excluding hydrogens is 589 g/mol. The van der Waals surface area contributed by atoms with E-state index in [-0.39, 0.29) is 0 Å². The summed E-state index contributed by atoms with van der Waals surface area (Å²) in [5.41, 5.74) is 6.14. The second-order valence-corrected chi connectivity index (χ2v) is 15.8. The van der Waals surface area contributed by atoms with Gasteiger partial charge in [0.05, 0.1) is 11.2 Å². The van der Waals surface area contributed by atoms with Crippen molar-refractivity contribution in [1.82, 2.24) is 9.55 Å². The minimum Gasteiger partial charge on any atom is -0.452 e. The fourth-order valence-electron chi connectivity index (χ4n) is 7.30. The second-order valence-electron chi connectivity index (χ2n) is 11.9. The van der Waals surface area contributed by atoms with Crippen molar-refractivity contribution in [1.29, 1.82) is 0 Å². The molecule has 47 heavy (non-hydrogen) atoms. The Morgan fingerprint density at radius 3 is 1.57 bits per heavy atom. The highest BCUT2D eigenvalue weighted by atomic mass is 28.3. The SMILES string of the molecule is c1ccc(-c2nc3cccc4c3n2-c2cccc(-c3ccc([Si](c5ccccc5)(c5ccccc5)c5ccccc5)cc3)c2O4)cc1. The maximum Gasteiger partial charge on any atom is 0.179 e. The molecule has 0 spiro atoms. The number of rotatable bonds is 6. The van der Waals surface area contributed by atoms with Crippen molar-refractivity contribution in [3.63, 3.8) is 0 Å². The minimum atomic E-state index is -2.61. The molecule has 0 saturated carbocycles. The molecule has 0 unspecified atom stereocenters. The Labute approximate surface area is 275 Å². The number of para-hydroxylation sites is 2. The van der Waals surface area contributed by atoms with E-state index in [0.29, 0.717) is 0 Å². The number of nitrogens with zero attached hydrogens (tertiary/aromatic N) is 2. The fourth-order valence-corrected chi connectivity index (χ4v) is 12.0. The molecule has 8 aromatic rings. The molecule has 1 aliphatic rings. The molecule has 0 fully saturated rings. The zero-order chi connectivity index (χ0) is 31.2. The van der Waals surface area contributed by atoms with Crippen molar-refractivity contribution in [2.75, 3.05) is 0 Å². The van der Waals surface area contributed by atoms with Crippen molar-refractivity contribution in [3.05, 3.63) is 182 Å². The van der Waals surface area contributed by atoms with Gasteiger partial charge in [-0.05, 0) is 44.5 Å². The lowest BCUT2D eigenvalue weighted by Crippen LogP contribution is -2.74. The molecule has 0 N–H and O–H groups in total. The first-order valence-corrected chi connectivity index (χ1v) is 18.0. The molecule has 7 aromatic carbocycles.